The van der Waals surface area contributed by atoms with Crippen molar-refractivity contribution in [3.63, 3.8) is 0 Å². The van der Waals surface area contributed by atoms with Crippen LogP contribution in [0.25, 0.3) is 0 Å². The predicted molar refractivity (Wildman–Crippen MR) is 56.6 cm³/mol. The molecule has 1 aromatic rings. The van der Waals surface area contributed by atoms with Crippen molar-refractivity contribution in [1.82, 2.24) is 5.43 Å². The van der Waals surface area contributed by atoms with E-state index >= 15 is 0 Å². The number of hydrogen-bond donors (Lipinski definition) is 4. The molecule has 70 valence electrons. The van der Waals surface area contributed by atoms with E-state index < -0.39 is 0 Å². The molecule has 0 saturated heterocycles. The molecule has 0 aromatic heterocycles. The Hall–Kier alpha value is -1.27. The second-order valence-electron chi connectivity index (χ2n) is 2.40. The second-order valence-corrected chi connectivity index (χ2v) is 3.31. The molecule has 0 amide bonds. The molecule has 13 heavy (non-hydrogen) atoms. The molecule has 0 saturated carbocycles. The molecule has 0 aliphatic heterocycles. The average molecular weight is 244 g/mol. The molecule has 0 atom stereocenters. The highest BCUT2D eigenvalue weighted by Crippen LogP contribution is 2.17. The minimum atomic E-state index is 0.382. The second kappa shape index (κ2) is 4.11. The Morgan fingerprint density at radius 3 is 2.54 bits per heavy atom. The Morgan fingerprint density at radius 2 is 2.08 bits per heavy atom. The number of hydrazone groups is 1. The zero-order chi connectivity index (χ0) is 9.84. The van der Waals surface area contributed by atoms with Gasteiger partial charge in [0.1, 0.15) is 0 Å². The summed E-state index contributed by atoms with van der Waals surface area (Å²) in [7, 11) is 0. The Kier molecular flexibility index (Phi) is 3.10. The van der Waals surface area contributed by atoms with Crippen molar-refractivity contribution in [3.8, 4) is 0 Å². The van der Waals surface area contributed by atoms with E-state index in [-0.39, 0.29) is 0 Å². The highest BCUT2D eigenvalue weighted by atomic mass is 79.9. The summed E-state index contributed by atoms with van der Waals surface area (Å²) in [6, 6.07) is 5.30. The van der Waals surface area contributed by atoms with E-state index in [0.717, 1.165) is 10.0 Å². The number of hydrazine groups is 1. The van der Waals surface area contributed by atoms with Gasteiger partial charge in [0.15, 0.2) is 5.84 Å². The summed E-state index contributed by atoms with van der Waals surface area (Å²) in [5.74, 6) is 10.7. The quantitative estimate of drug-likeness (QED) is 0.185. The number of amidine groups is 1. The highest BCUT2D eigenvalue weighted by molar-refractivity contribution is 9.10. The van der Waals surface area contributed by atoms with Crippen molar-refractivity contribution < 1.29 is 0 Å². The molecule has 5 nitrogen and oxygen atoms in total. The van der Waals surface area contributed by atoms with Gasteiger partial charge in [0, 0.05) is 15.7 Å². The van der Waals surface area contributed by atoms with E-state index in [4.69, 9.17) is 17.4 Å². The molecular weight excluding hydrogens is 234 g/mol. The number of nitrogen functional groups attached to an aromatic ring is 1. The minimum Gasteiger partial charge on any atom is -0.399 e. The Bertz CT molecular complexity index is 315. The van der Waals surface area contributed by atoms with Crippen LogP contribution in [0.3, 0.4) is 0 Å². The molecule has 0 fully saturated rings. The highest BCUT2D eigenvalue weighted by Gasteiger charge is 2.02. The zero-order valence-corrected chi connectivity index (χ0v) is 8.38. The van der Waals surface area contributed by atoms with Gasteiger partial charge in [-0.25, -0.2) is 5.84 Å². The molecule has 0 heterocycles. The first-order valence-corrected chi connectivity index (χ1v) is 4.27. The van der Waals surface area contributed by atoms with E-state index in [9.17, 15) is 0 Å². The Morgan fingerprint density at radius 1 is 1.38 bits per heavy atom. The first kappa shape index (κ1) is 9.82. The largest absolute Gasteiger partial charge is 0.399 e. The number of nitrogens with one attached hydrogen (secondary N) is 1. The lowest BCUT2D eigenvalue weighted by Gasteiger charge is -2.05. The van der Waals surface area contributed by atoms with Crippen molar-refractivity contribution in [3.05, 3.63) is 28.2 Å². The van der Waals surface area contributed by atoms with Crippen LogP contribution in [0.1, 0.15) is 5.56 Å². The monoisotopic (exact) mass is 243 g/mol. The number of rotatable bonds is 1. The maximum Gasteiger partial charge on any atom is 0.166 e. The first-order valence-electron chi connectivity index (χ1n) is 3.48. The van der Waals surface area contributed by atoms with E-state index in [1.54, 1.807) is 12.1 Å². The molecule has 0 aliphatic carbocycles. The molecule has 6 heteroatoms. The van der Waals surface area contributed by atoms with Crippen LogP contribution in [0.15, 0.2) is 27.8 Å². The fourth-order valence-electron chi connectivity index (χ4n) is 0.944. The van der Waals surface area contributed by atoms with Crippen molar-refractivity contribution >= 4 is 27.5 Å². The fourth-order valence-corrected chi connectivity index (χ4v) is 1.46. The Labute approximate surface area is 84.1 Å². The molecule has 0 unspecified atom stereocenters. The van der Waals surface area contributed by atoms with Crippen LogP contribution in [0.5, 0.6) is 0 Å². The van der Waals surface area contributed by atoms with Crippen LogP contribution >= 0.6 is 15.9 Å². The topological polar surface area (TPSA) is 102 Å². The molecule has 7 N–H and O–H groups in total. The summed E-state index contributed by atoms with van der Waals surface area (Å²) < 4.78 is 0.846. The molecule has 0 radical (unpaired) electrons. The summed E-state index contributed by atoms with van der Waals surface area (Å²) in [6.45, 7) is 0. The minimum absolute atomic E-state index is 0.382. The van der Waals surface area contributed by atoms with E-state index in [0.29, 0.717) is 11.5 Å². The van der Waals surface area contributed by atoms with E-state index in [1.165, 1.54) is 0 Å². The van der Waals surface area contributed by atoms with Crippen molar-refractivity contribution in [2.75, 3.05) is 5.73 Å². The number of benzene rings is 1. The maximum absolute atomic E-state index is 5.61. The van der Waals surface area contributed by atoms with Crippen LogP contribution < -0.4 is 22.8 Å². The lowest BCUT2D eigenvalue weighted by Crippen LogP contribution is -2.32. The predicted octanol–water partition coefficient (Wildman–Crippen LogP) is 0.115. The molecule has 1 aromatic carbocycles. The van der Waals surface area contributed by atoms with Crippen LogP contribution in [-0.2, 0) is 0 Å². The van der Waals surface area contributed by atoms with Crippen molar-refractivity contribution in [2.45, 2.75) is 0 Å². The van der Waals surface area contributed by atoms with Crippen LogP contribution in [0.4, 0.5) is 5.69 Å². The molecule has 1 rings (SSSR count). The third-order valence-electron chi connectivity index (χ3n) is 1.46. The Balaban J connectivity index is 3.14. The molecular formula is C7H10BrN5. The summed E-state index contributed by atoms with van der Waals surface area (Å²) in [5, 5.41) is 3.46. The number of nitrogens with zero attached hydrogens (tertiary/aromatic N) is 1. The lowest BCUT2D eigenvalue weighted by molar-refractivity contribution is 1.00. The molecule has 0 aliphatic rings. The molecule has 0 bridgehead atoms. The normalized spacial score (nSPS) is 11.4. The number of halogens is 1. The van der Waals surface area contributed by atoms with E-state index in [1.807, 2.05) is 6.07 Å². The van der Waals surface area contributed by atoms with E-state index in [2.05, 4.69) is 26.5 Å². The van der Waals surface area contributed by atoms with Gasteiger partial charge in [0.25, 0.3) is 0 Å². The van der Waals surface area contributed by atoms with Gasteiger partial charge in [-0.1, -0.05) is 15.9 Å². The zero-order valence-electron chi connectivity index (χ0n) is 6.79. The van der Waals surface area contributed by atoms with Crippen LogP contribution in [0, 0.1) is 0 Å². The summed E-state index contributed by atoms with van der Waals surface area (Å²) in [5.41, 5.74) is 9.33. The fraction of sp³-hybridized carbons (Fsp3) is 0. The average Bonchev–Trinajstić information content (AvgIpc) is 2.04. The van der Waals surface area contributed by atoms with Gasteiger partial charge in [-0.2, -0.15) is 5.10 Å². The van der Waals surface area contributed by atoms with Gasteiger partial charge in [-0.05, 0) is 18.2 Å². The third-order valence-corrected chi connectivity index (χ3v) is 1.92. The van der Waals surface area contributed by atoms with Crippen LogP contribution in [0.2, 0.25) is 0 Å². The smallest absolute Gasteiger partial charge is 0.166 e. The number of hydrogen-bond acceptors (Lipinski definition) is 4. The number of anilines is 1. The SMILES string of the molecule is N/N=C(\NN)c1cc(N)cc(Br)c1. The lowest BCUT2D eigenvalue weighted by atomic mass is 10.2. The third kappa shape index (κ3) is 2.33. The van der Waals surface area contributed by atoms with Crippen molar-refractivity contribution in [2.24, 2.45) is 16.8 Å². The number of nitrogens with two attached hydrogens (primary N) is 3. The van der Waals surface area contributed by atoms with Gasteiger partial charge in [0.05, 0.1) is 0 Å². The summed E-state index contributed by atoms with van der Waals surface area (Å²) in [6.07, 6.45) is 0. The van der Waals surface area contributed by atoms with Gasteiger partial charge < -0.3 is 17.0 Å². The summed E-state index contributed by atoms with van der Waals surface area (Å²) in [4.78, 5) is 0. The van der Waals surface area contributed by atoms with Gasteiger partial charge >= 0.3 is 0 Å². The molecule has 0 spiro atoms. The van der Waals surface area contributed by atoms with Gasteiger partial charge in [-0.15, -0.1) is 0 Å². The summed E-state index contributed by atoms with van der Waals surface area (Å²) >= 11 is 3.30. The standard InChI is InChI=1S/C7H10BrN5/c8-5-1-4(2-6(9)3-5)7(12-10)13-11/h1-3H,9-11H2,(H,12,13). The van der Waals surface area contributed by atoms with Gasteiger partial charge in [-0.3, -0.25) is 0 Å². The van der Waals surface area contributed by atoms with Gasteiger partial charge in [0.2, 0.25) is 0 Å². The maximum atomic E-state index is 5.61. The van der Waals surface area contributed by atoms with Crippen molar-refractivity contribution in [1.29, 1.82) is 0 Å². The van der Waals surface area contributed by atoms with Crippen LogP contribution in [-0.4, -0.2) is 5.84 Å². The first-order chi connectivity index (χ1) is 6.17.